The van der Waals surface area contributed by atoms with Gasteiger partial charge in [-0.15, -0.1) is 12.6 Å². The van der Waals surface area contributed by atoms with E-state index in [1.54, 1.807) is 0 Å². The molecular formula is C21H22N2S. The normalized spacial score (nSPS) is 10.8. The Morgan fingerprint density at radius 2 is 1.71 bits per heavy atom. The minimum absolute atomic E-state index is 0.815. The van der Waals surface area contributed by atoms with Crippen molar-refractivity contribution in [2.24, 2.45) is 0 Å². The summed E-state index contributed by atoms with van der Waals surface area (Å²) in [4.78, 5) is 5.27. The van der Waals surface area contributed by atoms with Gasteiger partial charge < -0.3 is 5.32 Å². The number of pyridine rings is 1. The van der Waals surface area contributed by atoms with E-state index in [0.717, 1.165) is 24.4 Å². The molecule has 0 aliphatic carbocycles. The number of hydrogen-bond acceptors (Lipinski definition) is 3. The molecule has 3 heteroatoms. The number of rotatable bonds is 6. The molecule has 2 nitrogen and oxygen atoms in total. The Morgan fingerprint density at radius 3 is 2.46 bits per heavy atom. The van der Waals surface area contributed by atoms with Crippen molar-refractivity contribution in [2.75, 3.05) is 0 Å². The molecule has 3 rings (SSSR count). The lowest BCUT2D eigenvalue weighted by Gasteiger charge is -2.13. The predicted octanol–water partition coefficient (Wildman–Crippen LogP) is 4.56. The van der Waals surface area contributed by atoms with Gasteiger partial charge >= 0.3 is 0 Å². The molecule has 1 aromatic heterocycles. The standard InChI is InChI=1S/C21H22N2S/c1-16-10-19(11-18-8-5-9-22-14-18)12-20(21(16)24)15-23-13-17-6-3-2-4-7-17/h2-10,12,14,23-24H,11,13,15H2,1H3. The molecule has 0 fully saturated rings. The quantitative estimate of drug-likeness (QED) is 0.646. The van der Waals surface area contributed by atoms with Crippen LogP contribution in [0, 0.1) is 6.92 Å². The average Bonchev–Trinajstić information content (AvgIpc) is 2.61. The fourth-order valence-electron chi connectivity index (χ4n) is 2.85. The summed E-state index contributed by atoms with van der Waals surface area (Å²) in [6.07, 6.45) is 4.64. The first-order valence-corrected chi connectivity index (χ1v) is 8.62. The molecular weight excluding hydrogens is 312 g/mol. The number of aryl methyl sites for hydroxylation is 1. The summed E-state index contributed by atoms with van der Waals surface area (Å²) in [6, 6.07) is 19.0. The fraction of sp³-hybridized carbons (Fsp3) is 0.190. The Bertz CT molecular complexity index is 786. The van der Waals surface area contributed by atoms with Crippen LogP contribution >= 0.6 is 12.6 Å². The Morgan fingerprint density at radius 1 is 0.917 bits per heavy atom. The summed E-state index contributed by atoms with van der Waals surface area (Å²) >= 11 is 4.69. The molecule has 0 spiro atoms. The van der Waals surface area contributed by atoms with Crippen LogP contribution in [0.15, 0.2) is 71.9 Å². The van der Waals surface area contributed by atoms with Gasteiger partial charge in [0.25, 0.3) is 0 Å². The van der Waals surface area contributed by atoms with E-state index in [4.69, 9.17) is 12.6 Å². The fourth-order valence-corrected chi connectivity index (χ4v) is 3.05. The number of nitrogens with zero attached hydrogens (tertiary/aromatic N) is 1. The van der Waals surface area contributed by atoms with Gasteiger partial charge in [-0.3, -0.25) is 4.98 Å². The lowest BCUT2D eigenvalue weighted by atomic mass is 10.0. The molecule has 0 unspecified atom stereocenters. The average molecular weight is 334 g/mol. The van der Waals surface area contributed by atoms with E-state index in [-0.39, 0.29) is 0 Å². The number of benzene rings is 2. The molecule has 0 saturated heterocycles. The van der Waals surface area contributed by atoms with Crippen molar-refractivity contribution in [1.82, 2.24) is 10.3 Å². The Kier molecular flexibility index (Phi) is 5.68. The first-order valence-electron chi connectivity index (χ1n) is 8.17. The van der Waals surface area contributed by atoms with Crippen LogP contribution in [0.3, 0.4) is 0 Å². The van der Waals surface area contributed by atoms with E-state index in [9.17, 15) is 0 Å². The van der Waals surface area contributed by atoms with Crippen LogP contribution in [-0.2, 0) is 19.5 Å². The van der Waals surface area contributed by atoms with Crippen molar-refractivity contribution in [3.63, 3.8) is 0 Å². The van der Waals surface area contributed by atoms with E-state index in [1.807, 2.05) is 24.5 Å². The van der Waals surface area contributed by atoms with E-state index < -0.39 is 0 Å². The van der Waals surface area contributed by atoms with Gasteiger partial charge in [-0.25, -0.2) is 0 Å². The molecule has 0 amide bonds. The molecule has 1 N–H and O–H groups in total. The van der Waals surface area contributed by atoms with Crippen molar-refractivity contribution >= 4 is 12.6 Å². The zero-order chi connectivity index (χ0) is 16.8. The van der Waals surface area contributed by atoms with E-state index in [2.05, 4.69) is 59.7 Å². The maximum atomic E-state index is 4.69. The first kappa shape index (κ1) is 16.7. The lowest BCUT2D eigenvalue weighted by molar-refractivity contribution is 0.684. The van der Waals surface area contributed by atoms with Crippen LogP contribution in [0.2, 0.25) is 0 Å². The summed E-state index contributed by atoms with van der Waals surface area (Å²) in [5, 5.41) is 3.52. The second kappa shape index (κ2) is 8.13. The third kappa shape index (κ3) is 4.47. The van der Waals surface area contributed by atoms with Gasteiger partial charge in [0.15, 0.2) is 0 Å². The van der Waals surface area contributed by atoms with E-state index in [1.165, 1.54) is 27.8 Å². The molecule has 1 heterocycles. The molecule has 0 radical (unpaired) electrons. The Balaban J connectivity index is 1.70. The zero-order valence-electron chi connectivity index (χ0n) is 13.9. The van der Waals surface area contributed by atoms with Gasteiger partial charge in [0.05, 0.1) is 0 Å². The molecule has 24 heavy (non-hydrogen) atoms. The van der Waals surface area contributed by atoms with Gasteiger partial charge in [0.2, 0.25) is 0 Å². The molecule has 122 valence electrons. The largest absolute Gasteiger partial charge is 0.309 e. The van der Waals surface area contributed by atoms with Crippen LogP contribution in [0.5, 0.6) is 0 Å². The van der Waals surface area contributed by atoms with Gasteiger partial charge in [0.1, 0.15) is 0 Å². The SMILES string of the molecule is Cc1cc(Cc2cccnc2)cc(CNCc2ccccc2)c1S. The van der Waals surface area contributed by atoms with Crippen molar-refractivity contribution < 1.29 is 0 Å². The molecule has 0 aliphatic heterocycles. The highest BCUT2D eigenvalue weighted by molar-refractivity contribution is 7.80. The summed E-state index contributed by atoms with van der Waals surface area (Å²) in [5.74, 6) is 0. The van der Waals surface area contributed by atoms with Crippen molar-refractivity contribution in [3.8, 4) is 0 Å². The topological polar surface area (TPSA) is 24.9 Å². The summed E-state index contributed by atoms with van der Waals surface area (Å²) in [6.45, 7) is 3.80. The second-order valence-corrected chi connectivity index (χ2v) is 6.49. The number of hydrogen-bond donors (Lipinski definition) is 2. The molecule has 0 saturated carbocycles. The molecule has 3 aromatic rings. The Labute approximate surface area is 149 Å². The van der Waals surface area contributed by atoms with Crippen LogP contribution < -0.4 is 5.32 Å². The van der Waals surface area contributed by atoms with E-state index in [0.29, 0.717) is 0 Å². The van der Waals surface area contributed by atoms with Crippen molar-refractivity contribution in [3.05, 3.63) is 94.8 Å². The van der Waals surface area contributed by atoms with E-state index >= 15 is 0 Å². The number of aromatic nitrogens is 1. The molecule has 0 aliphatic rings. The zero-order valence-corrected chi connectivity index (χ0v) is 14.8. The predicted molar refractivity (Wildman–Crippen MR) is 102 cm³/mol. The summed E-state index contributed by atoms with van der Waals surface area (Å²) in [7, 11) is 0. The highest BCUT2D eigenvalue weighted by Gasteiger charge is 2.06. The van der Waals surface area contributed by atoms with Gasteiger partial charge in [0, 0.05) is 30.4 Å². The van der Waals surface area contributed by atoms with Crippen LogP contribution in [-0.4, -0.2) is 4.98 Å². The van der Waals surface area contributed by atoms with Gasteiger partial charge in [-0.05, 0) is 47.2 Å². The van der Waals surface area contributed by atoms with Crippen molar-refractivity contribution in [2.45, 2.75) is 31.3 Å². The summed E-state index contributed by atoms with van der Waals surface area (Å²) < 4.78 is 0. The first-order chi connectivity index (χ1) is 11.7. The molecule has 2 aromatic carbocycles. The third-order valence-corrected chi connectivity index (χ3v) is 4.70. The number of nitrogens with one attached hydrogen (secondary N) is 1. The van der Waals surface area contributed by atoms with Crippen LogP contribution in [0.25, 0.3) is 0 Å². The number of thiol groups is 1. The lowest BCUT2D eigenvalue weighted by Crippen LogP contribution is -2.13. The molecule has 0 bridgehead atoms. The van der Waals surface area contributed by atoms with Crippen LogP contribution in [0.4, 0.5) is 0 Å². The Hall–Kier alpha value is -2.10. The monoisotopic (exact) mass is 334 g/mol. The van der Waals surface area contributed by atoms with Gasteiger partial charge in [-0.1, -0.05) is 48.5 Å². The second-order valence-electron chi connectivity index (χ2n) is 6.05. The maximum absolute atomic E-state index is 4.69. The summed E-state index contributed by atoms with van der Waals surface area (Å²) in [5.41, 5.74) is 6.28. The van der Waals surface area contributed by atoms with Gasteiger partial charge in [-0.2, -0.15) is 0 Å². The van der Waals surface area contributed by atoms with Crippen molar-refractivity contribution in [1.29, 1.82) is 0 Å². The maximum Gasteiger partial charge on any atom is 0.0303 e. The molecule has 0 atom stereocenters. The highest BCUT2D eigenvalue weighted by Crippen LogP contribution is 2.22. The smallest absolute Gasteiger partial charge is 0.0303 e. The minimum atomic E-state index is 0.815. The van der Waals surface area contributed by atoms with Crippen LogP contribution in [0.1, 0.15) is 27.8 Å². The minimum Gasteiger partial charge on any atom is -0.309 e. The highest BCUT2D eigenvalue weighted by atomic mass is 32.1. The third-order valence-electron chi connectivity index (χ3n) is 4.06.